The molecule has 0 saturated carbocycles. The number of hydrogen-bond donors (Lipinski definition) is 0. The number of ether oxygens (including phenoxy) is 2. The monoisotopic (exact) mass is 505 g/mol. The van der Waals surface area contributed by atoms with Crippen LogP contribution in [-0.2, 0) is 14.8 Å². The molecule has 7 nitrogen and oxygen atoms in total. The van der Waals surface area contributed by atoms with Gasteiger partial charge in [-0.1, -0.05) is 55.8 Å². The van der Waals surface area contributed by atoms with E-state index in [0.29, 0.717) is 40.7 Å². The van der Waals surface area contributed by atoms with Crippen molar-refractivity contribution in [3.63, 3.8) is 0 Å². The number of hydrogen-bond acceptors (Lipinski definition) is 6. The van der Waals surface area contributed by atoms with Crippen LogP contribution < -0.4 is 4.74 Å². The van der Waals surface area contributed by atoms with Crippen molar-refractivity contribution in [1.82, 2.24) is 3.97 Å². The topological polar surface area (TPSA) is 91.7 Å². The van der Waals surface area contributed by atoms with Gasteiger partial charge in [0.2, 0.25) is 0 Å². The summed E-state index contributed by atoms with van der Waals surface area (Å²) in [6.07, 6.45) is 2.50. The van der Waals surface area contributed by atoms with Crippen LogP contribution in [0.5, 0.6) is 5.75 Å². The molecule has 0 saturated heterocycles. The molecule has 0 bridgehead atoms. The molecule has 8 heteroatoms. The summed E-state index contributed by atoms with van der Waals surface area (Å²) in [5.74, 6) is -0.275. The molecule has 1 heterocycles. The smallest absolute Gasteiger partial charge is 0.356 e. The number of unbranched alkanes of at least 4 members (excludes halogenated alkanes) is 1. The molecule has 0 unspecified atom stereocenters. The Labute approximate surface area is 210 Å². The Morgan fingerprint density at radius 2 is 1.69 bits per heavy atom. The number of rotatable bonds is 10. The SMILES string of the molecule is CCCCOc1ccc2c(c1)c(-c1ccccc1C=O)c(C(=O)OCC)n2S(=O)(=O)c1ccccc1. The highest BCUT2D eigenvalue weighted by Gasteiger charge is 2.33. The van der Waals surface area contributed by atoms with Gasteiger partial charge in [-0.2, -0.15) is 0 Å². The van der Waals surface area contributed by atoms with E-state index in [0.717, 1.165) is 16.8 Å². The Morgan fingerprint density at radius 1 is 0.972 bits per heavy atom. The third-order valence-electron chi connectivity index (χ3n) is 5.77. The molecule has 186 valence electrons. The maximum absolute atomic E-state index is 13.9. The lowest BCUT2D eigenvalue weighted by molar-refractivity contribution is 0.0519. The molecule has 0 radical (unpaired) electrons. The third-order valence-corrected chi connectivity index (χ3v) is 7.50. The summed E-state index contributed by atoms with van der Waals surface area (Å²) >= 11 is 0. The van der Waals surface area contributed by atoms with E-state index in [9.17, 15) is 18.0 Å². The molecule has 4 rings (SSSR count). The quantitative estimate of drug-likeness (QED) is 0.156. The fourth-order valence-electron chi connectivity index (χ4n) is 4.10. The van der Waals surface area contributed by atoms with E-state index < -0.39 is 16.0 Å². The first kappa shape index (κ1) is 25.2. The molecule has 0 spiro atoms. The highest BCUT2D eigenvalue weighted by atomic mass is 32.2. The van der Waals surface area contributed by atoms with E-state index in [1.54, 1.807) is 67.6 Å². The molecule has 4 aromatic rings. The molecule has 0 amide bonds. The van der Waals surface area contributed by atoms with Gasteiger partial charge in [0.15, 0.2) is 12.0 Å². The van der Waals surface area contributed by atoms with Gasteiger partial charge < -0.3 is 9.47 Å². The molecule has 0 aliphatic heterocycles. The lowest BCUT2D eigenvalue weighted by atomic mass is 9.97. The van der Waals surface area contributed by atoms with Crippen LogP contribution >= 0.6 is 0 Å². The molecule has 36 heavy (non-hydrogen) atoms. The van der Waals surface area contributed by atoms with Gasteiger partial charge >= 0.3 is 5.97 Å². The summed E-state index contributed by atoms with van der Waals surface area (Å²) in [5, 5.41) is 0.459. The molecule has 0 aliphatic rings. The Hall–Kier alpha value is -3.91. The fraction of sp³-hybridized carbons (Fsp3) is 0.214. The number of nitrogens with zero attached hydrogens (tertiary/aromatic N) is 1. The van der Waals surface area contributed by atoms with Crippen molar-refractivity contribution in [2.24, 2.45) is 0 Å². The second-order valence-corrected chi connectivity index (χ2v) is 9.90. The van der Waals surface area contributed by atoms with E-state index in [-0.39, 0.29) is 22.7 Å². The van der Waals surface area contributed by atoms with Crippen LogP contribution in [0, 0.1) is 0 Å². The number of benzene rings is 3. The lowest BCUT2D eigenvalue weighted by Crippen LogP contribution is -2.20. The van der Waals surface area contributed by atoms with E-state index >= 15 is 0 Å². The normalized spacial score (nSPS) is 11.4. The van der Waals surface area contributed by atoms with Gasteiger partial charge in [-0.15, -0.1) is 0 Å². The van der Waals surface area contributed by atoms with Crippen LogP contribution in [0.4, 0.5) is 0 Å². The third kappa shape index (κ3) is 4.64. The summed E-state index contributed by atoms with van der Waals surface area (Å²) in [4.78, 5) is 25.3. The largest absolute Gasteiger partial charge is 0.494 e. The molecule has 0 atom stereocenters. The number of esters is 1. The zero-order valence-corrected chi connectivity index (χ0v) is 21.0. The number of carbonyl (C=O) groups is 2. The Balaban J connectivity index is 2.13. The summed E-state index contributed by atoms with van der Waals surface area (Å²) in [7, 11) is -4.21. The van der Waals surface area contributed by atoms with Crippen molar-refractivity contribution in [1.29, 1.82) is 0 Å². The zero-order chi connectivity index (χ0) is 25.7. The molecular weight excluding hydrogens is 478 g/mol. The molecule has 0 N–H and O–H groups in total. The van der Waals surface area contributed by atoms with Crippen LogP contribution in [0.1, 0.15) is 47.5 Å². The summed E-state index contributed by atoms with van der Waals surface area (Å²) in [5.41, 5.74) is 1.15. The van der Waals surface area contributed by atoms with Crippen molar-refractivity contribution < 1.29 is 27.5 Å². The summed E-state index contributed by atoms with van der Waals surface area (Å²) < 4.78 is 40.1. The first-order valence-corrected chi connectivity index (χ1v) is 13.2. The maximum Gasteiger partial charge on any atom is 0.356 e. The van der Waals surface area contributed by atoms with Crippen molar-refractivity contribution in [2.75, 3.05) is 13.2 Å². The molecular formula is C28H27NO6S. The molecule has 3 aromatic carbocycles. The lowest BCUT2D eigenvalue weighted by Gasteiger charge is -2.13. The van der Waals surface area contributed by atoms with Crippen molar-refractivity contribution in [3.8, 4) is 16.9 Å². The minimum absolute atomic E-state index is 0.0194. The molecule has 0 aliphatic carbocycles. The first-order chi connectivity index (χ1) is 17.4. The Morgan fingerprint density at radius 3 is 2.39 bits per heavy atom. The van der Waals surface area contributed by atoms with E-state index in [2.05, 4.69) is 6.92 Å². The van der Waals surface area contributed by atoms with Crippen molar-refractivity contribution >= 4 is 33.2 Å². The Bertz CT molecular complexity index is 1510. The summed E-state index contributed by atoms with van der Waals surface area (Å²) in [6.45, 7) is 4.25. The van der Waals surface area contributed by atoms with Crippen LogP contribution in [-0.4, -0.2) is 37.9 Å². The number of carbonyl (C=O) groups excluding carboxylic acids is 2. The van der Waals surface area contributed by atoms with Gasteiger partial charge in [-0.25, -0.2) is 17.2 Å². The van der Waals surface area contributed by atoms with Crippen LogP contribution in [0.25, 0.3) is 22.0 Å². The standard InChI is InChI=1S/C28H27NO6S/c1-3-5-17-35-21-15-16-25-24(18-21)26(23-14-10-9-11-20(23)19-30)27(28(31)34-4-2)29(25)36(32,33)22-12-7-6-8-13-22/h6-16,18-19H,3-5,17H2,1-2H3. The number of aldehydes is 1. The predicted molar refractivity (Wildman–Crippen MR) is 138 cm³/mol. The number of fused-ring (bicyclic) bond motifs is 1. The van der Waals surface area contributed by atoms with Gasteiger partial charge in [-0.3, -0.25) is 4.79 Å². The van der Waals surface area contributed by atoms with Crippen molar-refractivity contribution in [2.45, 2.75) is 31.6 Å². The van der Waals surface area contributed by atoms with Gasteiger partial charge in [0.25, 0.3) is 10.0 Å². The van der Waals surface area contributed by atoms with Crippen molar-refractivity contribution in [3.05, 3.63) is 84.1 Å². The van der Waals surface area contributed by atoms with Gasteiger partial charge in [0.05, 0.1) is 23.6 Å². The predicted octanol–water partition coefficient (Wildman–Crippen LogP) is 5.71. The second kappa shape index (κ2) is 10.8. The minimum atomic E-state index is -4.21. The average Bonchev–Trinajstić information content (AvgIpc) is 3.24. The van der Waals surface area contributed by atoms with Gasteiger partial charge in [0.1, 0.15) is 5.75 Å². The van der Waals surface area contributed by atoms with Gasteiger partial charge in [0, 0.05) is 16.5 Å². The molecule has 0 fully saturated rings. The zero-order valence-electron chi connectivity index (χ0n) is 20.1. The van der Waals surface area contributed by atoms with E-state index in [1.807, 2.05) is 0 Å². The van der Waals surface area contributed by atoms with E-state index in [1.165, 1.54) is 12.1 Å². The average molecular weight is 506 g/mol. The minimum Gasteiger partial charge on any atom is -0.494 e. The second-order valence-electron chi connectivity index (χ2n) is 8.11. The Kier molecular flexibility index (Phi) is 7.55. The fourth-order valence-corrected chi connectivity index (χ4v) is 5.63. The van der Waals surface area contributed by atoms with Crippen LogP contribution in [0.3, 0.4) is 0 Å². The number of aromatic nitrogens is 1. The first-order valence-electron chi connectivity index (χ1n) is 11.8. The van der Waals surface area contributed by atoms with Gasteiger partial charge in [-0.05, 0) is 49.2 Å². The molecule has 1 aromatic heterocycles. The maximum atomic E-state index is 13.9. The highest BCUT2D eigenvalue weighted by molar-refractivity contribution is 7.90. The van der Waals surface area contributed by atoms with Crippen LogP contribution in [0.15, 0.2) is 77.7 Å². The van der Waals surface area contributed by atoms with E-state index in [4.69, 9.17) is 9.47 Å². The highest BCUT2D eigenvalue weighted by Crippen LogP contribution is 2.40. The summed E-state index contributed by atoms with van der Waals surface area (Å²) in [6, 6.07) is 19.6. The van der Waals surface area contributed by atoms with Crippen LogP contribution in [0.2, 0.25) is 0 Å².